The maximum absolute atomic E-state index is 6.30. The normalized spacial score (nSPS) is 11.2. The molecule has 4 aromatic rings. The first kappa shape index (κ1) is 21.5. The largest absolute Gasteiger partial charge is 0.319 e. The molecule has 0 N–H and O–H groups in total. The monoisotopic (exact) mass is 437 g/mol. The maximum Gasteiger partial charge on any atom is 0.142 e. The zero-order valence-corrected chi connectivity index (χ0v) is 18.8. The molecule has 32 heavy (non-hydrogen) atoms. The number of nitrogens with zero attached hydrogens (tertiary/aromatic N) is 3. The van der Waals surface area contributed by atoms with Crippen LogP contribution >= 0.6 is 11.6 Å². The third kappa shape index (κ3) is 3.83. The second-order valence-corrected chi connectivity index (χ2v) is 7.78. The van der Waals surface area contributed by atoms with Crippen LogP contribution < -0.4 is 0 Å². The number of allylic oxidation sites excluding steroid dienone is 1. The van der Waals surface area contributed by atoms with E-state index in [1.165, 1.54) is 0 Å². The average molecular weight is 438 g/mol. The van der Waals surface area contributed by atoms with Gasteiger partial charge in [-0.1, -0.05) is 73.8 Å². The van der Waals surface area contributed by atoms with Gasteiger partial charge in [0.1, 0.15) is 5.82 Å². The Morgan fingerprint density at radius 3 is 2.56 bits per heavy atom. The summed E-state index contributed by atoms with van der Waals surface area (Å²) in [5, 5.41) is 0.659. The highest BCUT2D eigenvalue weighted by atomic mass is 35.5. The maximum atomic E-state index is 6.30. The summed E-state index contributed by atoms with van der Waals surface area (Å²) < 4.78 is 2.22. The summed E-state index contributed by atoms with van der Waals surface area (Å²) in [5.74, 6) is 0.867. The third-order valence-corrected chi connectivity index (χ3v) is 5.72. The van der Waals surface area contributed by atoms with Crippen LogP contribution in [0, 0.1) is 0 Å². The first-order valence-corrected chi connectivity index (χ1v) is 10.8. The van der Waals surface area contributed by atoms with Crippen LogP contribution in [0.15, 0.2) is 74.5 Å². The van der Waals surface area contributed by atoms with Crippen molar-refractivity contribution in [1.29, 1.82) is 0 Å². The van der Waals surface area contributed by atoms with Crippen molar-refractivity contribution in [2.24, 2.45) is 0 Å². The van der Waals surface area contributed by atoms with Crippen LogP contribution in [0.1, 0.15) is 34.9 Å². The molecule has 158 valence electrons. The molecule has 0 spiro atoms. The Balaban J connectivity index is 2.01. The molecule has 0 unspecified atom stereocenters. The molecule has 4 rings (SSSR count). The lowest BCUT2D eigenvalue weighted by atomic mass is 9.99. The topological polar surface area (TPSA) is 30.7 Å². The van der Waals surface area contributed by atoms with Gasteiger partial charge in [0.25, 0.3) is 0 Å². The van der Waals surface area contributed by atoms with Crippen molar-refractivity contribution in [2.45, 2.75) is 13.5 Å². The van der Waals surface area contributed by atoms with E-state index in [0.717, 1.165) is 50.4 Å². The smallest absolute Gasteiger partial charge is 0.142 e. The number of imidazole rings is 1. The molecular weight excluding hydrogens is 414 g/mol. The van der Waals surface area contributed by atoms with E-state index in [9.17, 15) is 0 Å². The van der Waals surface area contributed by atoms with E-state index in [4.69, 9.17) is 16.6 Å². The van der Waals surface area contributed by atoms with Gasteiger partial charge in [0, 0.05) is 22.3 Å². The molecule has 0 aliphatic heterocycles. The molecule has 0 radical (unpaired) electrons. The summed E-state index contributed by atoms with van der Waals surface area (Å²) in [6.07, 6.45) is 11.4. The van der Waals surface area contributed by atoms with E-state index in [1.807, 2.05) is 55.5 Å². The molecule has 0 saturated carbocycles. The summed E-state index contributed by atoms with van der Waals surface area (Å²) in [7, 11) is 0. The van der Waals surface area contributed by atoms with E-state index in [1.54, 1.807) is 12.3 Å². The highest BCUT2D eigenvalue weighted by Crippen LogP contribution is 2.33. The van der Waals surface area contributed by atoms with Gasteiger partial charge in [0.05, 0.1) is 23.3 Å². The van der Waals surface area contributed by atoms with E-state index >= 15 is 0 Å². The fourth-order valence-corrected chi connectivity index (χ4v) is 4.18. The highest BCUT2D eigenvalue weighted by molar-refractivity contribution is 6.31. The van der Waals surface area contributed by atoms with E-state index in [-0.39, 0.29) is 0 Å². The average Bonchev–Trinajstić information content (AvgIpc) is 3.16. The summed E-state index contributed by atoms with van der Waals surface area (Å²) in [6, 6.07) is 14.0. The van der Waals surface area contributed by atoms with Gasteiger partial charge in [-0.05, 0) is 54.0 Å². The van der Waals surface area contributed by atoms with Gasteiger partial charge >= 0.3 is 0 Å². The Morgan fingerprint density at radius 2 is 1.84 bits per heavy atom. The summed E-state index contributed by atoms with van der Waals surface area (Å²) in [6.45, 7) is 14.5. The number of hydrogen-bond acceptors (Lipinski definition) is 2. The zero-order chi connectivity index (χ0) is 22.7. The predicted molar refractivity (Wildman–Crippen MR) is 138 cm³/mol. The zero-order valence-electron chi connectivity index (χ0n) is 18.1. The summed E-state index contributed by atoms with van der Waals surface area (Å²) >= 11 is 6.30. The van der Waals surface area contributed by atoms with Gasteiger partial charge < -0.3 is 4.57 Å². The standard InChI is InChI=1S/C28H24ClN3/c1-5-10-23-19(6-2)11-9-12-24(23)28-31-26-17-21(29)13-14-27(26)32(28)18-20-15-16-30-25(8-4)22(20)7-3/h5-17H,2-4,18H2,1H3/b10-5-. The Morgan fingerprint density at radius 1 is 1.00 bits per heavy atom. The minimum atomic E-state index is 0.603. The number of rotatable bonds is 7. The molecule has 2 aromatic carbocycles. The molecule has 4 heteroatoms. The molecule has 0 atom stereocenters. The fourth-order valence-electron chi connectivity index (χ4n) is 4.02. The molecule has 2 heterocycles. The van der Waals surface area contributed by atoms with Crippen molar-refractivity contribution >= 4 is 46.9 Å². The van der Waals surface area contributed by atoms with Gasteiger partial charge in [-0.25, -0.2) is 4.98 Å². The van der Waals surface area contributed by atoms with Crippen molar-refractivity contribution in [2.75, 3.05) is 0 Å². The third-order valence-electron chi connectivity index (χ3n) is 5.48. The molecule has 0 amide bonds. The van der Waals surface area contributed by atoms with Crippen LogP contribution in [-0.2, 0) is 6.54 Å². The summed E-state index contributed by atoms with van der Waals surface area (Å²) in [5.41, 5.74) is 7.90. The number of halogens is 1. The van der Waals surface area contributed by atoms with Crippen molar-refractivity contribution in [3.63, 3.8) is 0 Å². The van der Waals surface area contributed by atoms with Crippen LogP contribution in [0.3, 0.4) is 0 Å². The second-order valence-electron chi connectivity index (χ2n) is 7.34. The Hall–Kier alpha value is -3.69. The van der Waals surface area contributed by atoms with Crippen molar-refractivity contribution in [3.05, 3.63) is 107 Å². The Kier molecular flexibility index (Phi) is 6.20. The fraction of sp³-hybridized carbons (Fsp3) is 0.0714. The first-order chi connectivity index (χ1) is 15.6. The minimum Gasteiger partial charge on any atom is -0.319 e. The van der Waals surface area contributed by atoms with Gasteiger partial charge in [0.2, 0.25) is 0 Å². The molecule has 3 nitrogen and oxygen atoms in total. The first-order valence-electron chi connectivity index (χ1n) is 10.4. The Bertz CT molecular complexity index is 1380. The predicted octanol–water partition coefficient (Wildman–Crippen LogP) is 7.76. The molecule has 0 aliphatic rings. The molecule has 0 aliphatic carbocycles. The number of fused-ring (bicyclic) bond motifs is 1. The van der Waals surface area contributed by atoms with E-state index in [2.05, 4.69) is 47.5 Å². The Labute approximate surface area is 193 Å². The van der Waals surface area contributed by atoms with Gasteiger partial charge in [0.15, 0.2) is 0 Å². The molecular formula is C28H24ClN3. The lowest BCUT2D eigenvalue weighted by Crippen LogP contribution is -2.06. The SMILES string of the molecule is C=Cc1cccc(-c2nc3cc(Cl)ccc3n2Cc2ccnc(C=C)c2C=C)c1/C=C\C. The number of pyridine rings is 1. The van der Waals surface area contributed by atoms with Crippen LogP contribution in [0.25, 0.3) is 46.7 Å². The highest BCUT2D eigenvalue weighted by Gasteiger charge is 2.18. The van der Waals surface area contributed by atoms with Crippen LogP contribution in [0.5, 0.6) is 0 Å². The molecule has 0 fully saturated rings. The van der Waals surface area contributed by atoms with Gasteiger partial charge in [-0.2, -0.15) is 0 Å². The number of benzene rings is 2. The quantitative estimate of drug-likeness (QED) is 0.295. The molecule has 0 saturated heterocycles. The summed E-state index contributed by atoms with van der Waals surface area (Å²) in [4.78, 5) is 9.43. The van der Waals surface area contributed by atoms with E-state index < -0.39 is 0 Å². The molecule has 0 bridgehead atoms. The van der Waals surface area contributed by atoms with Gasteiger partial charge in [-0.3, -0.25) is 4.98 Å². The van der Waals surface area contributed by atoms with Crippen molar-refractivity contribution in [1.82, 2.24) is 14.5 Å². The van der Waals surface area contributed by atoms with Crippen LogP contribution in [0.2, 0.25) is 5.02 Å². The van der Waals surface area contributed by atoms with Crippen LogP contribution in [-0.4, -0.2) is 14.5 Å². The number of aromatic nitrogens is 3. The van der Waals surface area contributed by atoms with E-state index in [0.29, 0.717) is 11.6 Å². The van der Waals surface area contributed by atoms with Gasteiger partial charge in [-0.15, -0.1) is 0 Å². The van der Waals surface area contributed by atoms with Crippen molar-refractivity contribution < 1.29 is 0 Å². The lowest BCUT2D eigenvalue weighted by molar-refractivity contribution is 0.829. The molecule has 2 aromatic heterocycles. The lowest BCUT2D eigenvalue weighted by Gasteiger charge is -2.15. The number of hydrogen-bond donors (Lipinski definition) is 0. The van der Waals surface area contributed by atoms with Crippen molar-refractivity contribution in [3.8, 4) is 11.4 Å². The van der Waals surface area contributed by atoms with Crippen LogP contribution in [0.4, 0.5) is 0 Å². The second kappa shape index (κ2) is 9.21. The minimum absolute atomic E-state index is 0.603.